The number of hydrogen-bond acceptors (Lipinski definition) is 9. The molecule has 1 saturated heterocycles. The van der Waals surface area contributed by atoms with E-state index in [9.17, 15) is 9.90 Å². The Bertz CT molecular complexity index is 1410. The average molecular weight is 503 g/mol. The van der Waals surface area contributed by atoms with Crippen molar-refractivity contribution in [2.75, 3.05) is 48.4 Å². The number of aliphatic hydroxyl groups is 1. The largest absolute Gasteiger partial charge is 0.392 e. The molecule has 4 aromatic rings. The van der Waals surface area contributed by atoms with E-state index < -0.39 is 12.0 Å². The van der Waals surface area contributed by atoms with Crippen molar-refractivity contribution in [3.63, 3.8) is 0 Å². The van der Waals surface area contributed by atoms with Crippen LogP contribution in [0.3, 0.4) is 0 Å². The molecule has 2 aromatic carbocycles. The van der Waals surface area contributed by atoms with E-state index in [4.69, 9.17) is 15.5 Å². The molecule has 1 fully saturated rings. The van der Waals surface area contributed by atoms with Crippen molar-refractivity contribution in [1.29, 1.82) is 0 Å². The van der Waals surface area contributed by atoms with Gasteiger partial charge in [0, 0.05) is 43.6 Å². The smallest absolute Gasteiger partial charge is 0.271 e. The molecule has 0 saturated carbocycles. The van der Waals surface area contributed by atoms with Gasteiger partial charge in [0.2, 0.25) is 0 Å². The lowest BCUT2D eigenvalue weighted by Gasteiger charge is -2.29. The van der Waals surface area contributed by atoms with Crippen LogP contribution in [0.5, 0.6) is 0 Å². The first kappa shape index (κ1) is 24.5. The second kappa shape index (κ2) is 10.4. The van der Waals surface area contributed by atoms with Crippen LogP contribution in [0.4, 0.5) is 23.0 Å². The molecule has 11 nitrogen and oxygen atoms in total. The number of hydrogen-bond donors (Lipinski definition) is 4. The first-order chi connectivity index (χ1) is 17.9. The second-order valence-corrected chi connectivity index (χ2v) is 9.01. The fourth-order valence-electron chi connectivity index (χ4n) is 4.31. The number of nitrogens with zero attached hydrogens (tertiary/aromatic N) is 5. The van der Waals surface area contributed by atoms with E-state index in [1.54, 1.807) is 13.3 Å². The van der Waals surface area contributed by atoms with Crippen molar-refractivity contribution in [3.8, 4) is 11.3 Å². The Labute approximate surface area is 214 Å². The van der Waals surface area contributed by atoms with Gasteiger partial charge in [-0.2, -0.15) is 0 Å². The van der Waals surface area contributed by atoms with Crippen LogP contribution in [0.1, 0.15) is 17.4 Å². The number of benzene rings is 2. The molecule has 3 heterocycles. The fraction of sp³-hybridized carbons (Fsp3) is 0.308. The van der Waals surface area contributed by atoms with Gasteiger partial charge in [-0.05, 0) is 37.3 Å². The molecule has 1 aliphatic rings. The van der Waals surface area contributed by atoms with Crippen LogP contribution in [0.25, 0.3) is 22.3 Å². The number of anilines is 4. The number of imidazole rings is 1. The number of fused-ring (bicyclic) bond motifs is 1. The number of rotatable bonds is 8. The normalized spacial score (nSPS) is 14.5. The van der Waals surface area contributed by atoms with E-state index in [2.05, 4.69) is 25.5 Å². The van der Waals surface area contributed by atoms with E-state index in [1.807, 2.05) is 54.1 Å². The van der Waals surface area contributed by atoms with Crippen LogP contribution < -0.4 is 21.3 Å². The summed E-state index contributed by atoms with van der Waals surface area (Å²) in [6.45, 7) is 5.01. The summed E-state index contributed by atoms with van der Waals surface area (Å²) in [5.74, 6) is -0.0930. The van der Waals surface area contributed by atoms with Crippen LogP contribution in [0.15, 0.2) is 48.8 Å². The molecule has 0 bridgehead atoms. The van der Waals surface area contributed by atoms with E-state index in [1.165, 1.54) is 0 Å². The Morgan fingerprint density at radius 2 is 1.89 bits per heavy atom. The highest BCUT2D eigenvalue weighted by atomic mass is 16.5. The molecular formula is C26H30N8O3. The van der Waals surface area contributed by atoms with Crippen LogP contribution in [-0.2, 0) is 11.8 Å². The van der Waals surface area contributed by atoms with Gasteiger partial charge in [-0.1, -0.05) is 12.1 Å². The summed E-state index contributed by atoms with van der Waals surface area (Å²) in [6.07, 6.45) is 1.09. The minimum Gasteiger partial charge on any atom is -0.392 e. The zero-order valence-corrected chi connectivity index (χ0v) is 20.8. The first-order valence-corrected chi connectivity index (χ1v) is 12.1. The predicted octanol–water partition coefficient (Wildman–Crippen LogP) is 2.50. The SMILES string of the molecule is C[C@H](O)CNc1nc(Nc2ccc(N3CCOCC3)cc2)c(C(N)=O)nc1-c1cccc2c1ncn2C. The summed E-state index contributed by atoms with van der Waals surface area (Å²) >= 11 is 0. The molecule has 11 heteroatoms. The Morgan fingerprint density at radius 3 is 2.59 bits per heavy atom. The molecule has 0 unspecified atom stereocenters. The lowest BCUT2D eigenvalue weighted by molar-refractivity contribution is 0.0996. The van der Waals surface area contributed by atoms with Gasteiger partial charge in [-0.25, -0.2) is 15.0 Å². The third kappa shape index (κ3) is 5.18. The van der Waals surface area contributed by atoms with E-state index >= 15 is 0 Å². The summed E-state index contributed by atoms with van der Waals surface area (Å²) in [7, 11) is 1.91. The highest BCUT2D eigenvalue weighted by Crippen LogP contribution is 2.33. The summed E-state index contributed by atoms with van der Waals surface area (Å²) in [6, 6.07) is 13.6. The maximum atomic E-state index is 12.5. The Morgan fingerprint density at radius 1 is 1.14 bits per heavy atom. The number of nitrogens with two attached hydrogens (primary N) is 1. The average Bonchev–Trinajstić information content (AvgIpc) is 3.29. The number of ether oxygens (including phenoxy) is 1. The van der Waals surface area contributed by atoms with Gasteiger partial charge in [0.05, 0.1) is 36.7 Å². The molecule has 0 aliphatic carbocycles. The van der Waals surface area contributed by atoms with Gasteiger partial charge in [-0.15, -0.1) is 0 Å². The zero-order chi connectivity index (χ0) is 25.9. The van der Waals surface area contributed by atoms with Gasteiger partial charge >= 0.3 is 0 Å². The molecular weight excluding hydrogens is 472 g/mol. The number of aryl methyl sites for hydroxylation is 1. The molecule has 5 rings (SSSR count). The lowest BCUT2D eigenvalue weighted by Crippen LogP contribution is -2.36. The summed E-state index contributed by atoms with van der Waals surface area (Å²) < 4.78 is 7.34. The number of aliphatic hydroxyl groups excluding tert-OH is 1. The molecule has 192 valence electrons. The van der Waals surface area contributed by atoms with E-state index in [0.717, 1.165) is 30.0 Å². The Kier molecular flexibility index (Phi) is 6.89. The van der Waals surface area contributed by atoms with Crippen molar-refractivity contribution >= 4 is 40.0 Å². The van der Waals surface area contributed by atoms with Crippen molar-refractivity contribution in [3.05, 3.63) is 54.5 Å². The molecule has 0 spiro atoms. The maximum Gasteiger partial charge on any atom is 0.271 e. The highest BCUT2D eigenvalue weighted by Gasteiger charge is 2.22. The number of carbonyl (C=O) groups is 1. The van der Waals surface area contributed by atoms with E-state index in [0.29, 0.717) is 35.8 Å². The summed E-state index contributed by atoms with van der Waals surface area (Å²) in [4.78, 5) is 28.6. The first-order valence-electron chi connectivity index (χ1n) is 12.1. The van der Waals surface area contributed by atoms with Crippen LogP contribution in [-0.4, -0.2) is 69.5 Å². The van der Waals surface area contributed by atoms with Crippen LogP contribution in [0.2, 0.25) is 0 Å². The number of aromatic nitrogens is 4. The van der Waals surface area contributed by atoms with Crippen LogP contribution in [0, 0.1) is 0 Å². The number of nitrogens with one attached hydrogen (secondary N) is 2. The fourth-order valence-corrected chi connectivity index (χ4v) is 4.31. The molecule has 1 atom stereocenters. The van der Waals surface area contributed by atoms with Gasteiger partial charge in [0.1, 0.15) is 5.69 Å². The van der Waals surface area contributed by atoms with Crippen molar-refractivity contribution in [2.45, 2.75) is 13.0 Å². The number of amides is 1. The number of morpholine rings is 1. The number of para-hydroxylation sites is 1. The predicted molar refractivity (Wildman–Crippen MR) is 143 cm³/mol. The standard InChI is InChI=1S/C26H30N8O3/c1-16(35)14-28-25-22(19-4-3-5-20-21(19)29-15-33(20)2)31-23(24(27)36)26(32-25)30-17-6-8-18(9-7-17)34-10-12-37-13-11-34/h3-9,15-16,35H,10-14H2,1-2H3,(H2,27,36)(H2,28,30,32)/t16-/m0/s1. The third-order valence-corrected chi connectivity index (χ3v) is 6.21. The monoisotopic (exact) mass is 502 g/mol. The molecule has 5 N–H and O–H groups in total. The van der Waals surface area contributed by atoms with Crippen LogP contribution >= 0.6 is 0 Å². The highest BCUT2D eigenvalue weighted by molar-refractivity contribution is 6.00. The molecule has 37 heavy (non-hydrogen) atoms. The Hall–Kier alpha value is -4.22. The quantitative estimate of drug-likeness (QED) is 0.286. The zero-order valence-electron chi connectivity index (χ0n) is 20.8. The van der Waals surface area contributed by atoms with Crippen molar-refractivity contribution in [2.24, 2.45) is 12.8 Å². The van der Waals surface area contributed by atoms with Gasteiger partial charge in [-0.3, -0.25) is 4.79 Å². The molecule has 1 amide bonds. The van der Waals surface area contributed by atoms with Gasteiger partial charge in [0.25, 0.3) is 5.91 Å². The maximum absolute atomic E-state index is 12.5. The van der Waals surface area contributed by atoms with Crippen molar-refractivity contribution in [1.82, 2.24) is 19.5 Å². The molecule has 0 radical (unpaired) electrons. The number of primary amides is 1. The second-order valence-electron chi connectivity index (χ2n) is 9.01. The summed E-state index contributed by atoms with van der Waals surface area (Å²) in [5.41, 5.74) is 10.3. The number of carbonyl (C=O) groups excluding carboxylic acids is 1. The van der Waals surface area contributed by atoms with Gasteiger partial charge in [0.15, 0.2) is 17.3 Å². The minimum absolute atomic E-state index is 0.00258. The van der Waals surface area contributed by atoms with Crippen molar-refractivity contribution < 1.29 is 14.6 Å². The Balaban J connectivity index is 1.54. The topological polar surface area (TPSA) is 143 Å². The summed E-state index contributed by atoms with van der Waals surface area (Å²) in [5, 5.41) is 16.3. The van der Waals surface area contributed by atoms with E-state index in [-0.39, 0.29) is 18.1 Å². The molecule has 1 aliphatic heterocycles. The van der Waals surface area contributed by atoms with Gasteiger partial charge < -0.3 is 35.7 Å². The molecule has 2 aromatic heterocycles. The third-order valence-electron chi connectivity index (χ3n) is 6.21. The minimum atomic E-state index is -0.712. The lowest BCUT2D eigenvalue weighted by atomic mass is 10.1.